The number of amides is 1. The summed E-state index contributed by atoms with van der Waals surface area (Å²) < 4.78 is 5.48. The van der Waals surface area contributed by atoms with Gasteiger partial charge in [-0.05, 0) is 83.5 Å². The highest BCUT2D eigenvalue weighted by molar-refractivity contribution is 5.76. The number of esters is 1. The first-order chi connectivity index (χ1) is 40.5. The van der Waals surface area contributed by atoms with Crippen molar-refractivity contribution in [2.75, 3.05) is 13.2 Å². The minimum absolute atomic E-state index is 0.00330. The van der Waals surface area contributed by atoms with Gasteiger partial charge in [0.25, 0.3) is 0 Å². The van der Waals surface area contributed by atoms with Gasteiger partial charge in [-0.15, -0.1) is 0 Å². The van der Waals surface area contributed by atoms with E-state index in [1.807, 2.05) is 0 Å². The second-order valence-electron chi connectivity index (χ2n) is 25.6. The summed E-state index contributed by atoms with van der Waals surface area (Å²) in [6.07, 6.45) is 92.1. The van der Waals surface area contributed by atoms with E-state index in [0.29, 0.717) is 25.9 Å². The molecule has 0 aromatic rings. The largest absolute Gasteiger partial charge is 0.466 e. The highest BCUT2D eigenvalue weighted by Gasteiger charge is 2.20. The van der Waals surface area contributed by atoms with E-state index in [-0.39, 0.29) is 18.5 Å². The van der Waals surface area contributed by atoms with Gasteiger partial charge in [-0.3, -0.25) is 9.59 Å². The third-order valence-electron chi connectivity index (χ3n) is 17.4. The monoisotopic (exact) mass is 1150 g/mol. The third-order valence-corrected chi connectivity index (χ3v) is 17.4. The summed E-state index contributed by atoms with van der Waals surface area (Å²) in [4.78, 5) is 24.6. The van der Waals surface area contributed by atoms with Crippen molar-refractivity contribution < 1.29 is 24.5 Å². The first-order valence-corrected chi connectivity index (χ1v) is 37.2. The van der Waals surface area contributed by atoms with Gasteiger partial charge in [0.15, 0.2) is 0 Å². The van der Waals surface area contributed by atoms with Crippen LogP contribution in [0.5, 0.6) is 0 Å². The number of carbonyl (C=O) groups is 2. The molecule has 0 aliphatic rings. The average Bonchev–Trinajstić information content (AvgIpc) is 3.48. The van der Waals surface area contributed by atoms with E-state index in [1.54, 1.807) is 0 Å². The zero-order valence-corrected chi connectivity index (χ0v) is 55.5. The summed E-state index contributed by atoms with van der Waals surface area (Å²) in [5.41, 5.74) is 0. The SMILES string of the molecule is CCCCCC/C=C\CCCCCCCC(=O)OCCCCCCCCCCC/C=C\C/C=C\CCCCCCCCCCCCCCCC(=O)NC(CO)C(O)CCCCCCCCCCCCCCCCCCCCCCCCC. The van der Waals surface area contributed by atoms with Gasteiger partial charge in [0.05, 0.1) is 25.4 Å². The van der Waals surface area contributed by atoms with Crippen molar-refractivity contribution in [3.05, 3.63) is 36.5 Å². The second kappa shape index (κ2) is 71.6. The smallest absolute Gasteiger partial charge is 0.305 e. The molecule has 0 aromatic carbocycles. The number of aliphatic hydroxyl groups is 2. The molecule has 0 bridgehead atoms. The molecule has 3 N–H and O–H groups in total. The highest BCUT2D eigenvalue weighted by Crippen LogP contribution is 2.19. The summed E-state index contributed by atoms with van der Waals surface area (Å²) in [5, 5.41) is 23.5. The molecule has 6 nitrogen and oxygen atoms in total. The molecule has 82 heavy (non-hydrogen) atoms. The van der Waals surface area contributed by atoms with Gasteiger partial charge in [0.1, 0.15) is 0 Å². The summed E-state index contributed by atoms with van der Waals surface area (Å²) in [6.45, 7) is 4.97. The Morgan fingerprint density at radius 1 is 0.341 bits per heavy atom. The molecule has 1 amide bonds. The van der Waals surface area contributed by atoms with Crippen molar-refractivity contribution in [1.82, 2.24) is 5.32 Å². The van der Waals surface area contributed by atoms with E-state index in [0.717, 1.165) is 51.4 Å². The molecule has 484 valence electrons. The van der Waals surface area contributed by atoms with Crippen LogP contribution in [0.25, 0.3) is 0 Å². The molecule has 0 saturated heterocycles. The number of hydrogen-bond donors (Lipinski definition) is 3. The molecule has 0 heterocycles. The van der Waals surface area contributed by atoms with Gasteiger partial charge < -0.3 is 20.3 Å². The molecule has 6 heteroatoms. The molecule has 0 rings (SSSR count). The van der Waals surface area contributed by atoms with E-state index in [2.05, 4.69) is 55.6 Å². The Bertz CT molecular complexity index is 1330. The minimum atomic E-state index is -0.667. The molecule has 0 aromatic heterocycles. The molecule has 0 saturated carbocycles. The first kappa shape index (κ1) is 80.1. The van der Waals surface area contributed by atoms with E-state index in [4.69, 9.17) is 4.74 Å². The standard InChI is InChI=1S/C76H145NO5/c1-3-5-7-9-11-13-15-17-18-19-20-21-29-32-35-38-41-45-48-52-56-60-64-68-74(79)73(72-78)77-75(80)69-65-61-57-53-49-46-42-39-36-33-30-27-25-23-22-24-26-28-31-34-37-40-43-47-51-55-59-63-67-71-82-76(81)70-66-62-58-54-50-44-16-14-12-10-8-6-4-2/h14,16,22,24,28,31,73-74,78-79H,3-13,15,17-21,23,25-27,29-30,32-72H2,1-2H3,(H,77,80)/b16-14-,24-22-,31-28-. The van der Waals surface area contributed by atoms with E-state index >= 15 is 0 Å². The zero-order valence-electron chi connectivity index (χ0n) is 55.5. The molecule has 2 unspecified atom stereocenters. The summed E-state index contributed by atoms with van der Waals surface area (Å²) in [7, 11) is 0. The summed E-state index contributed by atoms with van der Waals surface area (Å²) in [5.74, 6) is -0.0281. The number of unbranched alkanes of at least 4 members (excludes halogenated alkanes) is 53. The van der Waals surface area contributed by atoms with Gasteiger partial charge >= 0.3 is 5.97 Å². The van der Waals surface area contributed by atoms with Crippen molar-refractivity contribution in [3.8, 4) is 0 Å². The Balaban J connectivity index is 3.41. The minimum Gasteiger partial charge on any atom is -0.466 e. The fourth-order valence-electron chi connectivity index (χ4n) is 11.7. The molecule has 0 fully saturated rings. The zero-order chi connectivity index (χ0) is 59.2. The Kier molecular flexibility index (Phi) is 69.9. The number of nitrogens with one attached hydrogen (secondary N) is 1. The van der Waals surface area contributed by atoms with Crippen LogP contribution in [0.3, 0.4) is 0 Å². The van der Waals surface area contributed by atoms with E-state index in [1.165, 1.54) is 327 Å². The van der Waals surface area contributed by atoms with E-state index < -0.39 is 12.1 Å². The van der Waals surface area contributed by atoms with Crippen molar-refractivity contribution in [3.63, 3.8) is 0 Å². The van der Waals surface area contributed by atoms with Crippen LogP contribution in [-0.4, -0.2) is 47.4 Å². The Morgan fingerprint density at radius 2 is 0.610 bits per heavy atom. The maximum Gasteiger partial charge on any atom is 0.305 e. The maximum absolute atomic E-state index is 12.6. The normalized spacial score (nSPS) is 12.7. The molecule has 0 spiro atoms. The van der Waals surface area contributed by atoms with Crippen molar-refractivity contribution in [2.45, 2.75) is 424 Å². The van der Waals surface area contributed by atoms with Gasteiger partial charge in [-0.2, -0.15) is 0 Å². The van der Waals surface area contributed by atoms with Crippen LogP contribution in [0.15, 0.2) is 36.5 Å². The maximum atomic E-state index is 12.6. The predicted molar refractivity (Wildman–Crippen MR) is 361 cm³/mol. The average molecular weight is 1150 g/mol. The van der Waals surface area contributed by atoms with Crippen LogP contribution >= 0.6 is 0 Å². The Hall–Kier alpha value is -1.92. The van der Waals surface area contributed by atoms with Gasteiger partial charge in [-0.1, -0.05) is 352 Å². The fourth-order valence-corrected chi connectivity index (χ4v) is 11.7. The first-order valence-electron chi connectivity index (χ1n) is 37.2. The van der Waals surface area contributed by atoms with E-state index in [9.17, 15) is 19.8 Å². The van der Waals surface area contributed by atoms with Gasteiger partial charge in [-0.25, -0.2) is 0 Å². The molecular formula is C76H145NO5. The molecule has 0 radical (unpaired) electrons. The van der Waals surface area contributed by atoms with Gasteiger partial charge in [0, 0.05) is 12.8 Å². The number of carbonyl (C=O) groups excluding carboxylic acids is 2. The summed E-state index contributed by atoms with van der Waals surface area (Å²) in [6, 6.07) is -0.544. The quantitative estimate of drug-likeness (QED) is 0.0320. The lowest BCUT2D eigenvalue weighted by Crippen LogP contribution is -2.45. The van der Waals surface area contributed by atoms with Crippen LogP contribution in [0, 0.1) is 0 Å². The highest BCUT2D eigenvalue weighted by atomic mass is 16.5. The number of hydrogen-bond acceptors (Lipinski definition) is 5. The molecule has 2 atom stereocenters. The predicted octanol–water partition coefficient (Wildman–Crippen LogP) is 24.3. The number of ether oxygens (including phenoxy) is 1. The molecule has 0 aliphatic heterocycles. The molecular weight excluding hydrogens is 1010 g/mol. The Morgan fingerprint density at radius 3 is 0.951 bits per heavy atom. The lowest BCUT2D eigenvalue weighted by molar-refractivity contribution is -0.143. The van der Waals surface area contributed by atoms with Gasteiger partial charge in [0.2, 0.25) is 5.91 Å². The van der Waals surface area contributed by atoms with Crippen molar-refractivity contribution in [1.29, 1.82) is 0 Å². The van der Waals surface area contributed by atoms with Crippen molar-refractivity contribution >= 4 is 11.9 Å². The lowest BCUT2D eigenvalue weighted by Gasteiger charge is -2.22. The van der Waals surface area contributed by atoms with Crippen LogP contribution in [0.4, 0.5) is 0 Å². The molecule has 0 aliphatic carbocycles. The second-order valence-corrected chi connectivity index (χ2v) is 25.6. The van der Waals surface area contributed by atoms with Crippen LogP contribution < -0.4 is 5.32 Å². The third kappa shape index (κ3) is 67.2. The topological polar surface area (TPSA) is 95.9 Å². The number of aliphatic hydroxyl groups excluding tert-OH is 2. The van der Waals surface area contributed by atoms with Crippen LogP contribution in [0.1, 0.15) is 412 Å². The van der Waals surface area contributed by atoms with Crippen molar-refractivity contribution in [2.24, 2.45) is 0 Å². The fraction of sp³-hybridized carbons (Fsp3) is 0.895. The number of allylic oxidation sites excluding steroid dienone is 6. The summed E-state index contributed by atoms with van der Waals surface area (Å²) >= 11 is 0. The lowest BCUT2D eigenvalue weighted by atomic mass is 10.0. The Labute approximate surface area is 513 Å². The van der Waals surface area contributed by atoms with Crippen LogP contribution in [0.2, 0.25) is 0 Å². The number of rotatable bonds is 70. The van der Waals surface area contributed by atoms with Crippen LogP contribution in [-0.2, 0) is 14.3 Å².